The van der Waals surface area contributed by atoms with E-state index in [0.29, 0.717) is 23.4 Å². The fourth-order valence-electron chi connectivity index (χ4n) is 4.79. The number of hydrogen-bond acceptors (Lipinski definition) is 9. The lowest BCUT2D eigenvalue weighted by atomic mass is 10.1. The smallest absolute Gasteiger partial charge is 0.326 e. The quantitative estimate of drug-likeness (QED) is 0.134. The Morgan fingerprint density at radius 1 is 1.20 bits per heavy atom. The standard InChI is InChI=1S/C28H47N6O6P/c1-6-7-8-11-16-38-27(36)28(4,5)33-41(37,32-21(3)26(35)40-22-12-9-10-13-22)19-39-20(2)17-34-18-31-24-23(29)14-15-30-25(24)34/h14-15,18,20-22H,6-13,16-17,19H2,1-5H3,(H2,29,30)(H2,32,33,37)/t20-,21-,41?/m1/s1. The Hall–Kier alpha value is -2.53. The predicted molar refractivity (Wildman–Crippen MR) is 158 cm³/mol. The summed E-state index contributed by atoms with van der Waals surface area (Å²) in [5, 5.41) is 5.84. The van der Waals surface area contributed by atoms with E-state index in [9.17, 15) is 14.2 Å². The van der Waals surface area contributed by atoms with E-state index in [4.69, 9.17) is 19.9 Å². The first-order chi connectivity index (χ1) is 19.4. The highest BCUT2D eigenvalue weighted by atomic mass is 31.2. The average Bonchev–Trinajstić information content (AvgIpc) is 3.58. The Bertz CT molecular complexity index is 1200. The van der Waals surface area contributed by atoms with Gasteiger partial charge >= 0.3 is 11.9 Å². The number of fused-ring (bicyclic) bond motifs is 1. The fourth-order valence-corrected chi connectivity index (χ4v) is 7.18. The molecule has 3 rings (SSSR count). The van der Waals surface area contributed by atoms with E-state index in [1.54, 1.807) is 39.4 Å². The molecule has 1 saturated carbocycles. The molecule has 2 aromatic heterocycles. The number of ether oxygens (including phenoxy) is 3. The second-order valence-electron chi connectivity index (χ2n) is 11.4. The average molecular weight is 595 g/mol. The van der Waals surface area contributed by atoms with Gasteiger partial charge in [0.2, 0.25) is 7.44 Å². The minimum Gasteiger partial charge on any atom is -0.464 e. The molecule has 41 heavy (non-hydrogen) atoms. The van der Waals surface area contributed by atoms with E-state index in [1.165, 1.54) is 0 Å². The van der Waals surface area contributed by atoms with E-state index in [-0.39, 0.29) is 19.1 Å². The molecule has 0 amide bonds. The molecule has 13 heteroatoms. The van der Waals surface area contributed by atoms with E-state index >= 15 is 0 Å². The molecule has 0 aliphatic heterocycles. The number of unbranched alkanes of at least 4 members (excludes halogenated alkanes) is 3. The monoisotopic (exact) mass is 594 g/mol. The maximum absolute atomic E-state index is 14.3. The molecule has 0 radical (unpaired) electrons. The molecular weight excluding hydrogens is 547 g/mol. The summed E-state index contributed by atoms with van der Waals surface area (Å²) in [6, 6.07) is 0.794. The third kappa shape index (κ3) is 9.77. The van der Waals surface area contributed by atoms with Gasteiger partial charge in [-0.2, -0.15) is 0 Å². The lowest BCUT2D eigenvalue weighted by Gasteiger charge is -2.32. The van der Waals surface area contributed by atoms with Gasteiger partial charge in [0.15, 0.2) is 5.65 Å². The van der Waals surface area contributed by atoms with Crippen molar-refractivity contribution in [2.45, 2.75) is 116 Å². The molecule has 12 nitrogen and oxygen atoms in total. The van der Waals surface area contributed by atoms with Crippen molar-refractivity contribution in [3.63, 3.8) is 0 Å². The van der Waals surface area contributed by atoms with E-state index < -0.39 is 37.1 Å². The van der Waals surface area contributed by atoms with Gasteiger partial charge in [0, 0.05) is 6.20 Å². The number of nitrogen functional groups attached to an aromatic ring is 1. The Morgan fingerprint density at radius 3 is 2.63 bits per heavy atom. The molecule has 2 aromatic rings. The summed E-state index contributed by atoms with van der Waals surface area (Å²) in [4.78, 5) is 34.4. The van der Waals surface area contributed by atoms with Crippen molar-refractivity contribution in [3.8, 4) is 0 Å². The molecule has 1 fully saturated rings. The van der Waals surface area contributed by atoms with E-state index in [1.807, 2.05) is 11.5 Å². The largest absolute Gasteiger partial charge is 0.464 e. The van der Waals surface area contributed by atoms with Gasteiger partial charge in [0.05, 0.1) is 31.3 Å². The summed E-state index contributed by atoms with van der Waals surface area (Å²) in [7, 11) is -3.68. The van der Waals surface area contributed by atoms with Crippen LogP contribution in [0.3, 0.4) is 0 Å². The van der Waals surface area contributed by atoms with Gasteiger partial charge in [0.1, 0.15) is 29.5 Å². The highest BCUT2D eigenvalue weighted by Crippen LogP contribution is 2.40. The van der Waals surface area contributed by atoms with Crippen LogP contribution in [0.2, 0.25) is 0 Å². The van der Waals surface area contributed by atoms with Crippen LogP contribution < -0.4 is 15.9 Å². The summed E-state index contributed by atoms with van der Waals surface area (Å²) in [5.41, 5.74) is 6.43. The number of pyridine rings is 1. The van der Waals surface area contributed by atoms with Crippen molar-refractivity contribution < 1.29 is 28.4 Å². The van der Waals surface area contributed by atoms with Crippen LogP contribution in [-0.2, 0) is 34.9 Å². The van der Waals surface area contributed by atoms with Crippen molar-refractivity contribution in [2.24, 2.45) is 0 Å². The number of nitrogens with two attached hydrogens (primary N) is 1. The SMILES string of the molecule is CCCCCCOC(=O)C(C)(C)NP(=O)(CO[C@H](C)Cn1cnc2c(N)ccnc21)N[C@H](C)C(=O)OC1CCCC1. The molecular formula is C28H47N6O6P. The molecule has 0 saturated heterocycles. The van der Waals surface area contributed by atoms with Gasteiger partial charge in [-0.25, -0.2) is 20.1 Å². The minimum absolute atomic E-state index is 0.123. The lowest BCUT2D eigenvalue weighted by molar-refractivity contribution is -0.150. The second-order valence-corrected chi connectivity index (χ2v) is 13.7. The molecule has 2 heterocycles. The Kier molecular flexibility index (Phi) is 12.1. The number of nitrogens with zero attached hydrogens (tertiary/aromatic N) is 3. The first kappa shape index (κ1) is 33.0. The van der Waals surface area contributed by atoms with Crippen molar-refractivity contribution >= 4 is 36.2 Å². The predicted octanol–water partition coefficient (Wildman–Crippen LogP) is 4.52. The van der Waals surface area contributed by atoms with Gasteiger partial charge in [-0.15, -0.1) is 0 Å². The number of nitrogens with one attached hydrogen (secondary N) is 2. The number of anilines is 1. The van der Waals surface area contributed by atoms with Crippen molar-refractivity contribution in [1.29, 1.82) is 0 Å². The Labute approximate surface area is 242 Å². The van der Waals surface area contributed by atoms with Crippen LogP contribution >= 0.6 is 7.44 Å². The topological polar surface area (TPSA) is 160 Å². The molecule has 1 unspecified atom stereocenters. The van der Waals surface area contributed by atoms with Crippen LogP contribution in [0.1, 0.15) is 86.0 Å². The third-order valence-corrected chi connectivity index (χ3v) is 9.31. The molecule has 230 valence electrons. The van der Waals surface area contributed by atoms with Crippen LogP contribution in [0.4, 0.5) is 5.69 Å². The zero-order valence-electron chi connectivity index (χ0n) is 25.1. The first-order valence-electron chi connectivity index (χ1n) is 14.6. The number of aromatic nitrogens is 3. The first-order valence-corrected chi connectivity index (χ1v) is 16.5. The van der Waals surface area contributed by atoms with Crippen LogP contribution in [-0.4, -0.2) is 63.2 Å². The molecule has 4 N–H and O–H groups in total. The van der Waals surface area contributed by atoms with E-state index in [2.05, 4.69) is 27.1 Å². The van der Waals surface area contributed by atoms with Crippen molar-refractivity contribution in [1.82, 2.24) is 24.7 Å². The van der Waals surface area contributed by atoms with Gasteiger partial charge in [0.25, 0.3) is 0 Å². The highest BCUT2D eigenvalue weighted by Gasteiger charge is 2.39. The van der Waals surface area contributed by atoms with Gasteiger partial charge in [-0.1, -0.05) is 26.2 Å². The Morgan fingerprint density at radius 2 is 1.93 bits per heavy atom. The second kappa shape index (κ2) is 15.1. The molecule has 1 aliphatic carbocycles. The van der Waals surface area contributed by atoms with Gasteiger partial charge in [-0.3, -0.25) is 14.2 Å². The zero-order valence-corrected chi connectivity index (χ0v) is 26.0. The van der Waals surface area contributed by atoms with Crippen molar-refractivity contribution in [3.05, 3.63) is 18.6 Å². The Balaban J connectivity index is 1.67. The van der Waals surface area contributed by atoms with Crippen molar-refractivity contribution in [2.75, 3.05) is 18.7 Å². The molecule has 0 aromatic carbocycles. The van der Waals surface area contributed by atoms with Crippen LogP contribution in [0, 0.1) is 0 Å². The normalized spacial score (nSPS) is 17.3. The van der Waals surface area contributed by atoms with Gasteiger partial charge in [-0.05, 0) is 65.9 Å². The number of hydrogen-bond donors (Lipinski definition) is 3. The maximum atomic E-state index is 14.3. The molecule has 0 bridgehead atoms. The lowest BCUT2D eigenvalue weighted by Crippen LogP contribution is -2.50. The number of rotatable bonds is 17. The number of carbonyl (C=O) groups excluding carboxylic acids is 2. The summed E-state index contributed by atoms with van der Waals surface area (Å²) in [6.07, 6.45) is 10.0. The number of imidazole rings is 1. The summed E-state index contributed by atoms with van der Waals surface area (Å²) in [6.45, 7) is 9.41. The number of carbonyl (C=O) groups is 2. The number of esters is 2. The highest BCUT2D eigenvalue weighted by molar-refractivity contribution is 7.59. The van der Waals surface area contributed by atoms with E-state index in [0.717, 1.165) is 51.4 Å². The molecule has 1 aliphatic rings. The maximum Gasteiger partial charge on any atom is 0.326 e. The summed E-state index contributed by atoms with van der Waals surface area (Å²) in [5.74, 6) is -1.02. The minimum atomic E-state index is -3.68. The summed E-state index contributed by atoms with van der Waals surface area (Å²) >= 11 is 0. The molecule has 0 spiro atoms. The van der Waals surface area contributed by atoms with Crippen LogP contribution in [0.25, 0.3) is 11.2 Å². The fraction of sp³-hybridized carbons (Fsp3) is 0.714. The van der Waals surface area contributed by atoms with Gasteiger partial charge < -0.3 is 24.5 Å². The molecule has 3 atom stereocenters. The zero-order chi connectivity index (χ0) is 30.0. The third-order valence-electron chi connectivity index (χ3n) is 7.07. The summed E-state index contributed by atoms with van der Waals surface area (Å²) < 4.78 is 33.2. The van der Waals surface area contributed by atoms with Crippen LogP contribution in [0.5, 0.6) is 0 Å². The van der Waals surface area contributed by atoms with Crippen LogP contribution in [0.15, 0.2) is 18.6 Å².